The minimum Gasteiger partial charge on any atom is -0.396 e. The zero-order valence-electron chi connectivity index (χ0n) is 9.58. The molecule has 2 aromatic rings. The molecule has 0 saturated heterocycles. The van der Waals surface area contributed by atoms with Gasteiger partial charge in [-0.1, -0.05) is 53.0 Å². The number of aromatic nitrogens is 1. The van der Waals surface area contributed by atoms with Crippen molar-refractivity contribution in [3.05, 3.63) is 45.6 Å². The van der Waals surface area contributed by atoms with Crippen LogP contribution in [-0.2, 0) is 0 Å². The first kappa shape index (κ1) is 12.9. The number of hydrogen-bond acceptors (Lipinski definition) is 3. The Morgan fingerprint density at radius 2 is 1.78 bits per heavy atom. The van der Waals surface area contributed by atoms with Crippen LogP contribution in [0.15, 0.2) is 24.3 Å². The molecule has 0 radical (unpaired) electrons. The molecule has 0 unspecified atom stereocenters. The second-order valence-corrected chi connectivity index (χ2v) is 4.63. The van der Waals surface area contributed by atoms with E-state index in [0.29, 0.717) is 12.0 Å². The number of benzene rings is 1. The van der Waals surface area contributed by atoms with Crippen molar-refractivity contribution in [2.75, 3.05) is 5.73 Å². The number of carbonyl (C=O) groups is 1. The monoisotopic (exact) mass is 280 g/mol. The van der Waals surface area contributed by atoms with Gasteiger partial charge in [0, 0.05) is 5.56 Å². The van der Waals surface area contributed by atoms with E-state index in [2.05, 4.69) is 4.98 Å². The van der Waals surface area contributed by atoms with Crippen LogP contribution in [-0.4, -0.2) is 11.3 Å². The zero-order chi connectivity index (χ0) is 13.3. The van der Waals surface area contributed by atoms with Gasteiger partial charge in [-0.3, -0.25) is 4.79 Å². The average Bonchev–Trinajstić information content (AvgIpc) is 2.38. The van der Waals surface area contributed by atoms with Gasteiger partial charge < -0.3 is 5.73 Å². The van der Waals surface area contributed by atoms with Crippen molar-refractivity contribution in [2.45, 2.75) is 6.92 Å². The molecule has 5 heteroatoms. The average molecular weight is 281 g/mol. The lowest BCUT2D eigenvalue weighted by atomic mass is 10.1. The lowest BCUT2D eigenvalue weighted by molar-refractivity contribution is 0.111. The molecule has 2 rings (SSSR count). The lowest BCUT2D eigenvalue weighted by Gasteiger charge is -2.09. The third-order valence-electron chi connectivity index (χ3n) is 2.57. The number of halogens is 2. The highest BCUT2D eigenvalue weighted by Gasteiger charge is 2.15. The van der Waals surface area contributed by atoms with Crippen LogP contribution in [0.3, 0.4) is 0 Å². The van der Waals surface area contributed by atoms with E-state index in [1.165, 1.54) is 0 Å². The number of nitrogens with two attached hydrogens (primary N) is 1. The predicted molar refractivity (Wildman–Crippen MR) is 74.2 cm³/mol. The van der Waals surface area contributed by atoms with E-state index >= 15 is 0 Å². The Morgan fingerprint density at radius 3 is 2.33 bits per heavy atom. The van der Waals surface area contributed by atoms with Crippen LogP contribution in [0, 0.1) is 6.92 Å². The number of nitrogen functional groups attached to an aromatic ring is 1. The van der Waals surface area contributed by atoms with Gasteiger partial charge in [-0.2, -0.15) is 0 Å². The minimum absolute atomic E-state index is 0.0888. The Morgan fingerprint density at radius 1 is 1.17 bits per heavy atom. The molecule has 1 heterocycles. The van der Waals surface area contributed by atoms with Crippen LogP contribution >= 0.6 is 23.2 Å². The van der Waals surface area contributed by atoms with Gasteiger partial charge in [0.15, 0.2) is 6.29 Å². The van der Waals surface area contributed by atoms with Gasteiger partial charge >= 0.3 is 0 Å². The SMILES string of the molecule is Cc1ccc(-c2nc(C=O)c(Cl)c(N)c2Cl)cc1. The first-order valence-electron chi connectivity index (χ1n) is 5.21. The van der Waals surface area contributed by atoms with Crippen molar-refractivity contribution in [2.24, 2.45) is 0 Å². The third-order valence-corrected chi connectivity index (χ3v) is 3.35. The van der Waals surface area contributed by atoms with Crippen LogP contribution in [0.5, 0.6) is 0 Å². The summed E-state index contributed by atoms with van der Waals surface area (Å²) in [5, 5.41) is 0.348. The molecule has 0 fully saturated rings. The number of anilines is 1. The molecule has 0 saturated carbocycles. The number of aldehydes is 1. The Kier molecular flexibility index (Phi) is 3.55. The van der Waals surface area contributed by atoms with E-state index in [4.69, 9.17) is 28.9 Å². The number of hydrogen-bond donors (Lipinski definition) is 1. The molecule has 3 nitrogen and oxygen atoms in total. The maximum absolute atomic E-state index is 10.9. The fourth-order valence-electron chi connectivity index (χ4n) is 1.56. The fourth-order valence-corrected chi connectivity index (χ4v) is 2.04. The zero-order valence-corrected chi connectivity index (χ0v) is 11.1. The van der Waals surface area contributed by atoms with Gasteiger partial charge in [-0.05, 0) is 6.92 Å². The summed E-state index contributed by atoms with van der Waals surface area (Å²) in [6.07, 6.45) is 0.562. The van der Waals surface area contributed by atoms with Crippen LogP contribution in [0.25, 0.3) is 11.3 Å². The normalized spacial score (nSPS) is 10.4. The van der Waals surface area contributed by atoms with E-state index in [1.807, 2.05) is 31.2 Å². The Balaban J connectivity index is 2.67. The number of rotatable bonds is 2. The molecule has 1 aromatic heterocycles. The van der Waals surface area contributed by atoms with Crippen LogP contribution in [0.2, 0.25) is 10.0 Å². The van der Waals surface area contributed by atoms with E-state index in [0.717, 1.165) is 11.1 Å². The van der Waals surface area contributed by atoms with Crippen LogP contribution < -0.4 is 5.73 Å². The molecule has 1 aromatic carbocycles. The number of carbonyl (C=O) groups excluding carboxylic acids is 1. The Labute approximate surface area is 115 Å². The smallest absolute Gasteiger partial charge is 0.170 e. The maximum atomic E-state index is 10.9. The molecule has 2 N–H and O–H groups in total. The minimum atomic E-state index is 0.0888. The molecule has 0 bridgehead atoms. The third kappa shape index (κ3) is 2.19. The molecule has 0 atom stereocenters. The Bertz CT molecular complexity index is 609. The highest BCUT2D eigenvalue weighted by molar-refractivity contribution is 6.41. The number of aryl methyl sites for hydroxylation is 1. The van der Waals surface area contributed by atoms with Crippen molar-refractivity contribution in [3.8, 4) is 11.3 Å². The Hall–Kier alpha value is -1.58. The molecule has 0 aliphatic carbocycles. The molecule has 0 aliphatic heterocycles. The quantitative estimate of drug-likeness (QED) is 0.853. The number of pyridine rings is 1. The molecule has 0 amide bonds. The van der Waals surface area contributed by atoms with Gasteiger partial charge in [0.05, 0.1) is 21.4 Å². The summed E-state index contributed by atoms with van der Waals surface area (Å²) in [6, 6.07) is 7.59. The fraction of sp³-hybridized carbons (Fsp3) is 0.0769. The molecule has 18 heavy (non-hydrogen) atoms. The largest absolute Gasteiger partial charge is 0.396 e. The summed E-state index contributed by atoms with van der Waals surface area (Å²) in [5.74, 6) is 0. The van der Waals surface area contributed by atoms with E-state index in [-0.39, 0.29) is 21.4 Å². The van der Waals surface area contributed by atoms with E-state index in [1.54, 1.807) is 0 Å². The molecule has 0 aliphatic rings. The second kappa shape index (κ2) is 4.96. The van der Waals surface area contributed by atoms with Gasteiger partial charge in [0.25, 0.3) is 0 Å². The van der Waals surface area contributed by atoms with Gasteiger partial charge in [0.2, 0.25) is 0 Å². The highest BCUT2D eigenvalue weighted by atomic mass is 35.5. The van der Waals surface area contributed by atoms with Crippen molar-refractivity contribution in [1.82, 2.24) is 4.98 Å². The summed E-state index contributed by atoms with van der Waals surface area (Å²) >= 11 is 12.0. The molecule has 0 spiro atoms. The number of nitrogens with zero attached hydrogens (tertiary/aromatic N) is 1. The van der Waals surface area contributed by atoms with Crippen molar-refractivity contribution in [1.29, 1.82) is 0 Å². The van der Waals surface area contributed by atoms with Gasteiger partial charge in [-0.15, -0.1) is 0 Å². The predicted octanol–water partition coefficient (Wildman–Crippen LogP) is 3.76. The first-order valence-corrected chi connectivity index (χ1v) is 5.97. The topological polar surface area (TPSA) is 56.0 Å². The van der Waals surface area contributed by atoms with Crippen molar-refractivity contribution in [3.63, 3.8) is 0 Å². The molecule has 92 valence electrons. The van der Waals surface area contributed by atoms with Gasteiger partial charge in [-0.25, -0.2) is 4.98 Å². The van der Waals surface area contributed by atoms with Crippen molar-refractivity contribution < 1.29 is 4.79 Å². The summed E-state index contributed by atoms with van der Waals surface area (Å²) in [5.41, 5.74) is 8.39. The molecular formula is C13H10Cl2N2O. The molecular weight excluding hydrogens is 271 g/mol. The van der Waals surface area contributed by atoms with E-state index < -0.39 is 0 Å². The highest BCUT2D eigenvalue weighted by Crippen LogP contribution is 2.36. The summed E-state index contributed by atoms with van der Waals surface area (Å²) in [7, 11) is 0. The summed E-state index contributed by atoms with van der Waals surface area (Å²) in [6.45, 7) is 1.98. The lowest BCUT2D eigenvalue weighted by Crippen LogP contribution is -1.99. The van der Waals surface area contributed by atoms with Crippen LogP contribution in [0.4, 0.5) is 5.69 Å². The van der Waals surface area contributed by atoms with E-state index in [9.17, 15) is 4.79 Å². The maximum Gasteiger partial charge on any atom is 0.170 e. The standard InChI is InChI=1S/C13H10Cl2N2O/c1-7-2-4-8(5-3-7)13-11(15)12(16)10(14)9(6-18)17-13/h2-6H,1H3,(H2,16,17). The first-order chi connectivity index (χ1) is 8.54. The van der Waals surface area contributed by atoms with Crippen LogP contribution in [0.1, 0.15) is 16.1 Å². The van der Waals surface area contributed by atoms with Crippen molar-refractivity contribution >= 4 is 35.2 Å². The summed E-state index contributed by atoms with van der Waals surface area (Å²) < 4.78 is 0. The van der Waals surface area contributed by atoms with Gasteiger partial charge in [0.1, 0.15) is 5.69 Å². The summed E-state index contributed by atoms with van der Waals surface area (Å²) in [4.78, 5) is 15.0. The second-order valence-electron chi connectivity index (χ2n) is 3.87.